The van der Waals surface area contributed by atoms with Crippen molar-refractivity contribution in [3.05, 3.63) is 0 Å². The summed E-state index contributed by atoms with van der Waals surface area (Å²) in [4.78, 5) is 10.3. The predicted molar refractivity (Wildman–Crippen MR) is 53.5 cm³/mol. The molecule has 0 aliphatic heterocycles. The van der Waals surface area contributed by atoms with Gasteiger partial charge in [0.05, 0.1) is 5.38 Å². The van der Waals surface area contributed by atoms with E-state index in [2.05, 4.69) is 0 Å². The largest absolute Gasteiger partial charge is 0.481 e. The van der Waals surface area contributed by atoms with Crippen LogP contribution in [0.1, 0.15) is 32.1 Å². The van der Waals surface area contributed by atoms with E-state index in [1.807, 2.05) is 0 Å². The van der Waals surface area contributed by atoms with Gasteiger partial charge in [-0.25, -0.2) is 0 Å². The van der Waals surface area contributed by atoms with E-state index in [9.17, 15) is 4.79 Å². The second kappa shape index (κ2) is 5.06. The van der Waals surface area contributed by atoms with Crippen molar-refractivity contribution in [1.82, 2.24) is 0 Å². The lowest BCUT2D eigenvalue weighted by Crippen LogP contribution is -2.26. The molecule has 0 aromatic heterocycles. The van der Waals surface area contributed by atoms with Crippen LogP contribution in [-0.4, -0.2) is 21.8 Å². The normalized spacial score (nSPS) is 34.5. The molecule has 1 fully saturated rings. The molecule has 1 saturated carbocycles. The maximum atomic E-state index is 10.3. The maximum absolute atomic E-state index is 10.3. The van der Waals surface area contributed by atoms with Gasteiger partial charge in [0.25, 0.3) is 0 Å². The first-order valence-electron chi connectivity index (χ1n) is 4.59. The van der Waals surface area contributed by atoms with Gasteiger partial charge in [0.1, 0.15) is 0 Å². The van der Waals surface area contributed by atoms with Gasteiger partial charge in [-0.15, -0.1) is 23.2 Å². The van der Waals surface area contributed by atoms with Gasteiger partial charge in [-0.3, -0.25) is 4.79 Å². The quantitative estimate of drug-likeness (QED) is 0.750. The summed E-state index contributed by atoms with van der Waals surface area (Å²) >= 11 is 11.9. The Morgan fingerprint density at radius 3 is 2.54 bits per heavy atom. The third kappa shape index (κ3) is 3.74. The first kappa shape index (κ1) is 11.1. The van der Waals surface area contributed by atoms with Gasteiger partial charge in [0, 0.05) is 11.8 Å². The molecule has 1 aliphatic carbocycles. The van der Waals surface area contributed by atoms with E-state index in [1.165, 1.54) is 0 Å². The van der Waals surface area contributed by atoms with E-state index in [0.717, 1.165) is 25.7 Å². The van der Waals surface area contributed by atoms with Crippen LogP contribution in [0.4, 0.5) is 0 Å². The summed E-state index contributed by atoms with van der Waals surface area (Å²) in [6, 6.07) is 0. The van der Waals surface area contributed by atoms with Crippen LogP contribution < -0.4 is 0 Å². The van der Waals surface area contributed by atoms with Crippen LogP contribution in [0.2, 0.25) is 0 Å². The van der Waals surface area contributed by atoms with Gasteiger partial charge in [-0.05, 0) is 31.6 Å². The molecule has 13 heavy (non-hydrogen) atoms. The Balaban J connectivity index is 2.25. The summed E-state index contributed by atoms with van der Waals surface area (Å²) in [6.07, 6.45) is 3.79. The molecule has 1 rings (SSSR count). The van der Waals surface area contributed by atoms with Crippen molar-refractivity contribution in [3.63, 3.8) is 0 Å². The highest BCUT2D eigenvalue weighted by molar-refractivity contribution is 6.30. The van der Waals surface area contributed by atoms with Gasteiger partial charge < -0.3 is 5.11 Å². The molecule has 0 aromatic rings. The topological polar surface area (TPSA) is 37.3 Å². The van der Waals surface area contributed by atoms with Crippen LogP contribution in [0.25, 0.3) is 0 Å². The average molecular weight is 225 g/mol. The summed E-state index contributed by atoms with van der Waals surface area (Å²) in [5.41, 5.74) is 0. The Bertz CT molecular complexity index is 184. The van der Waals surface area contributed by atoms with Crippen LogP contribution in [0, 0.1) is 5.92 Å². The Labute approximate surface area is 88.2 Å². The zero-order valence-corrected chi connectivity index (χ0v) is 8.89. The van der Waals surface area contributed by atoms with Crippen molar-refractivity contribution in [3.8, 4) is 0 Å². The van der Waals surface area contributed by atoms with Gasteiger partial charge in [0.2, 0.25) is 0 Å². The average Bonchev–Trinajstić information content (AvgIpc) is 2.07. The number of alkyl halides is 2. The van der Waals surface area contributed by atoms with Crippen molar-refractivity contribution in [2.45, 2.75) is 42.9 Å². The van der Waals surface area contributed by atoms with Crippen molar-refractivity contribution >= 4 is 29.2 Å². The van der Waals surface area contributed by atoms with Crippen molar-refractivity contribution in [2.24, 2.45) is 5.92 Å². The second-order valence-corrected chi connectivity index (χ2v) is 4.76. The van der Waals surface area contributed by atoms with Crippen LogP contribution in [0.3, 0.4) is 0 Å². The number of carboxylic acids is 1. The number of carboxylic acid groups (broad SMARTS) is 1. The van der Waals surface area contributed by atoms with Gasteiger partial charge in [0.15, 0.2) is 0 Å². The highest BCUT2D eigenvalue weighted by Gasteiger charge is 2.27. The third-order valence-corrected chi connectivity index (χ3v) is 3.70. The maximum Gasteiger partial charge on any atom is 0.303 e. The summed E-state index contributed by atoms with van der Waals surface area (Å²) in [5.74, 6) is -0.271. The standard InChI is InChI=1S/C9H14Cl2O2/c10-7-3-1-6(5-8(7)11)2-4-9(12)13/h6-8H,1-5H2,(H,12,13). The van der Waals surface area contributed by atoms with Crippen LogP contribution in [0.5, 0.6) is 0 Å². The predicted octanol–water partition coefficient (Wildman–Crippen LogP) is 2.87. The first-order chi connectivity index (χ1) is 6.09. The Hall–Kier alpha value is 0.0500. The van der Waals surface area contributed by atoms with E-state index in [0.29, 0.717) is 5.92 Å². The number of hydrogen-bond acceptors (Lipinski definition) is 1. The number of rotatable bonds is 3. The molecule has 3 atom stereocenters. The minimum absolute atomic E-state index is 0.0224. The van der Waals surface area contributed by atoms with Crippen molar-refractivity contribution < 1.29 is 9.90 Å². The smallest absolute Gasteiger partial charge is 0.303 e. The van der Waals surface area contributed by atoms with E-state index in [4.69, 9.17) is 28.3 Å². The molecule has 3 unspecified atom stereocenters. The summed E-state index contributed by atoms with van der Waals surface area (Å²) < 4.78 is 0. The number of carbonyl (C=O) groups is 1. The molecule has 1 N–H and O–H groups in total. The molecule has 0 radical (unpaired) electrons. The molecular weight excluding hydrogens is 211 g/mol. The van der Waals surface area contributed by atoms with Crippen molar-refractivity contribution in [1.29, 1.82) is 0 Å². The number of hydrogen-bond donors (Lipinski definition) is 1. The SMILES string of the molecule is O=C(O)CCC1CCC(Cl)C(Cl)C1. The Morgan fingerprint density at radius 1 is 1.31 bits per heavy atom. The zero-order valence-electron chi connectivity index (χ0n) is 7.38. The summed E-state index contributed by atoms with van der Waals surface area (Å²) in [6.45, 7) is 0. The molecule has 2 nitrogen and oxygen atoms in total. The molecule has 4 heteroatoms. The minimum atomic E-state index is -0.723. The Kier molecular flexibility index (Phi) is 4.33. The second-order valence-electron chi connectivity index (χ2n) is 3.64. The highest BCUT2D eigenvalue weighted by atomic mass is 35.5. The molecule has 1 aliphatic rings. The van der Waals surface area contributed by atoms with Crippen LogP contribution in [-0.2, 0) is 4.79 Å². The minimum Gasteiger partial charge on any atom is -0.481 e. The number of halogens is 2. The molecule has 0 amide bonds. The van der Waals surface area contributed by atoms with E-state index < -0.39 is 5.97 Å². The van der Waals surface area contributed by atoms with Gasteiger partial charge in [-0.2, -0.15) is 0 Å². The molecular formula is C9H14Cl2O2. The Morgan fingerprint density at radius 2 is 2.00 bits per heavy atom. The molecule has 0 spiro atoms. The van der Waals surface area contributed by atoms with E-state index in [1.54, 1.807) is 0 Å². The summed E-state index contributed by atoms with van der Waals surface area (Å²) in [5, 5.41) is 8.60. The van der Waals surface area contributed by atoms with E-state index >= 15 is 0 Å². The van der Waals surface area contributed by atoms with E-state index in [-0.39, 0.29) is 17.2 Å². The van der Waals surface area contributed by atoms with Crippen molar-refractivity contribution in [2.75, 3.05) is 0 Å². The first-order valence-corrected chi connectivity index (χ1v) is 5.47. The monoisotopic (exact) mass is 224 g/mol. The fourth-order valence-electron chi connectivity index (χ4n) is 1.75. The number of aliphatic carboxylic acids is 1. The molecule has 76 valence electrons. The zero-order chi connectivity index (χ0) is 9.84. The van der Waals surface area contributed by atoms with Gasteiger partial charge in [-0.1, -0.05) is 0 Å². The lowest BCUT2D eigenvalue weighted by molar-refractivity contribution is -0.137. The fraction of sp³-hybridized carbons (Fsp3) is 0.889. The summed E-state index contributed by atoms with van der Waals surface area (Å²) in [7, 11) is 0. The lowest BCUT2D eigenvalue weighted by atomic mass is 9.85. The van der Waals surface area contributed by atoms with Gasteiger partial charge >= 0.3 is 5.97 Å². The molecule has 0 aromatic carbocycles. The van der Waals surface area contributed by atoms with Crippen LogP contribution >= 0.6 is 23.2 Å². The lowest BCUT2D eigenvalue weighted by Gasteiger charge is -2.28. The highest BCUT2D eigenvalue weighted by Crippen LogP contribution is 2.33. The molecule has 0 saturated heterocycles. The van der Waals surface area contributed by atoms with Crippen LogP contribution in [0.15, 0.2) is 0 Å². The fourth-order valence-corrected chi connectivity index (χ4v) is 2.36. The molecule has 0 bridgehead atoms. The third-order valence-electron chi connectivity index (χ3n) is 2.57. The molecule has 0 heterocycles.